The Hall–Kier alpha value is -0.870. The summed E-state index contributed by atoms with van der Waals surface area (Å²) < 4.78 is 5.68. The summed E-state index contributed by atoms with van der Waals surface area (Å²) in [6, 6.07) is 0. The van der Waals surface area contributed by atoms with E-state index >= 15 is 0 Å². The van der Waals surface area contributed by atoms with Crippen molar-refractivity contribution in [3.8, 4) is 0 Å². The molecule has 3 rings (SSSR count). The summed E-state index contributed by atoms with van der Waals surface area (Å²) in [4.78, 5) is 11.7. The standard InChI is InChI=1S/C22H36O4/c1-14(2)21(24)12-11-19(5)13-22(25)15(3)7-8-18(26-16(4)23)20(22,6)10-9-17(19)21/h14,17-18,24-25H,3,7-13H2,1-2,4-6H3/t17?,18-,19-,20-,21+,22+/m1/s1. The average molecular weight is 365 g/mol. The van der Waals surface area contributed by atoms with Crippen LogP contribution in [0, 0.1) is 22.7 Å². The Morgan fingerprint density at radius 3 is 2.42 bits per heavy atom. The number of esters is 1. The molecule has 3 saturated carbocycles. The lowest BCUT2D eigenvalue weighted by Crippen LogP contribution is -2.58. The molecule has 2 N–H and O–H groups in total. The molecule has 0 amide bonds. The molecule has 0 aliphatic heterocycles. The Bertz CT molecular complexity index is 613. The zero-order valence-electron chi connectivity index (χ0n) is 17.1. The van der Waals surface area contributed by atoms with Crippen molar-refractivity contribution in [2.45, 2.75) is 96.9 Å². The summed E-state index contributed by atoms with van der Waals surface area (Å²) in [6.07, 6.45) is 4.96. The molecular formula is C22H36O4. The van der Waals surface area contributed by atoms with Crippen molar-refractivity contribution in [2.24, 2.45) is 22.7 Å². The Labute approximate surface area is 158 Å². The maximum Gasteiger partial charge on any atom is 0.302 e. The molecule has 148 valence electrons. The molecule has 0 aromatic rings. The molecular weight excluding hydrogens is 328 g/mol. The van der Waals surface area contributed by atoms with E-state index in [-0.39, 0.29) is 29.3 Å². The molecule has 0 spiro atoms. The van der Waals surface area contributed by atoms with Crippen molar-refractivity contribution >= 4 is 5.97 Å². The van der Waals surface area contributed by atoms with E-state index in [1.807, 2.05) is 0 Å². The summed E-state index contributed by atoms with van der Waals surface area (Å²) >= 11 is 0. The first-order valence-corrected chi connectivity index (χ1v) is 10.2. The lowest BCUT2D eigenvalue weighted by atomic mass is 9.56. The summed E-state index contributed by atoms with van der Waals surface area (Å²) in [6.45, 7) is 14.2. The minimum Gasteiger partial charge on any atom is -0.462 e. The molecule has 6 atom stereocenters. The van der Waals surface area contributed by atoms with Crippen molar-refractivity contribution in [3.05, 3.63) is 12.2 Å². The van der Waals surface area contributed by atoms with Crippen LogP contribution in [-0.4, -0.2) is 33.5 Å². The molecule has 1 unspecified atom stereocenters. The van der Waals surface area contributed by atoms with Crippen molar-refractivity contribution in [2.75, 3.05) is 0 Å². The summed E-state index contributed by atoms with van der Waals surface area (Å²) in [5, 5.41) is 23.4. The van der Waals surface area contributed by atoms with Crippen LogP contribution in [0.3, 0.4) is 0 Å². The number of hydrogen-bond donors (Lipinski definition) is 2. The van der Waals surface area contributed by atoms with Crippen LogP contribution in [-0.2, 0) is 9.53 Å². The second kappa shape index (κ2) is 6.07. The van der Waals surface area contributed by atoms with Crippen LogP contribution in [0.15, 0.2) is 12.2 Å². The fraction of sp³-hybridized carbons (Fsp3) is 0.864. The predicted molar refractivity (Wildman–Crippen MR) is 101 cm³/mol. The van der Waals surface area contributed by atoms with Gasteiger partial charge in [-0.15, -0.1) is 0 Å². The van der Waals surface area contributed by atoms with E-state index in [0.717, 1.165) is 31.3 Å². The molecule has 3 aliphatic rings. The van der Waals surface area contributed by atoms with Gasteiger partial charge in [-0.1, -0.05) is 34.3 Å². The second-order valence-corrected chi connectivity index (χ2v) is 10.1. The predicted octanol–water partition coefficient (Wildman–Crippen LogP) is 3.99. The number of ether oxygens (including phenoxy) is 1. The SMILES string of the molecule is C=C1CC[C@@H](OC(C)=O)[C@@]2(C)CCC3[C@](C)(CC[C@]3(O)C(C)C)C[C@]12O. The summed E-state index contributed by atoms with van der Waals surface area (Å²) in [7, 11) is 0. The van der Waals surface area contributed by atoms with Gasteiger partial charge in [0.2, 0.25) is 0 Å². The number of hydrogen-bond acceptors (Lipinski definition) is 4. The van der Waals surface area contributed by atoms with Gasteiger partial charge < -0.3 is 14.9 Å². The average Bonchev–Trinajstić information content (AvgIpc) is 2.73. The minimum atomic E-state index is -1.06. The fourth-order valence-electron chi connectivity index (χ4n) is 6.55. The van der Waals surface area contributed by atoms with E-state index in [9.17, 15) is 15.0 Å². The zero-order valence-corrected chi connectivity index (χ0v) is 17.1. The highest BCUT2D eigenvalue weighted by atomic mass is 16.5. The molecule has 4 nitrogen and oxygen atoms in total. The number of aliphatic hydroxyl groups is 2. The molecule has 4 heteroatoms. The van der Waals surface area contributed by atoms with E-state index < -0.39 is 16.6 Å². The first-order valence-electron chi connectivity index (χ1n) is 10.2. The molecule has 0 saturated heterocycles. The van der Waals surface area contributed by atoms with Crippen LogP contribution in [0.1, 0.15) is 79.6 Å². The molecule has 26 heavy (non-hydrogen) atoms. The molecule has 0 aromatic carbocycles. The van der Waals surface area contributed by atoms with Crippen LogP contribution >= 0.6 is 0 Å². The van der Waals surface area contributed by atoms with E-state index in [1.54, 1.807) is 0 Å². The number of carbonyl (C=O) groups is 1. The monoisotopic (exact) mass is 364 g/mol. The molecule has 0 radical (unpaired) electrons. The number of rotatable bonds is 2. The van der Waals surface area contributed by atoms with Crippen molar-refractivity contribution in [3.63, 3.8) is 0 Å². The van der Waals surface area contributed by atoms with E-state index in [1.165, 1.54) is 6.92 Å². The highest BCUT2D eigenvalue weighted by Crippen LogP contribution is 2.65. The maximum atomic E-state index is 11.9. The second-order valence-electron chi connectivity index (χ2n) is 10.1. The van der Waals surface area contributed by atoms with E-state index in [2.05, 4.69) is 34.3 Å². The third kappa shape index (κ3) is 2.59. The Kier molecular flexibility index (Phi) is 4.64. The van der Waals surface area contributed by atoms with Crippen LogP contribution in [0.2, 0.25) is 0 Å². The molecule has 0 aromatic heterocycles. The van der Waals surface area contributed by atoms with Gasteiger partial charge in [-0.3, -0.25) is 4.79 Å². The quantitative estimate of drug-likeness (QED) is 0.574. The Morgan fingerprint density at radius 2 is 1.85 bits per heavy atom. The van der Waals surface area contributed by atoms with E-state index in [4.69, 9.17) is 4.74 Å². The van der Waals surface area contributed by atoms with Gasteiger partial charge in [0.1, 0.15) is 6.10 Å². The third-order valence-electron chi connectivity index (χ3n) is 8.41. The maximum absolute atomic E-state index is 11.9. The van der Waals surface area contributed by atoms with Crippen molar-refractivity contribution in [1.82, 2.24) is 0 Å². The molecule has 3 fully saturated rings. The van der Waals surface area contributed by atoms with Gasteiger partial charge in [-0.25, -0.2) is 0 Å². The lowest BCUT2D eigenvalue weighted by molar-refractivity contribution is -0.180. The van der Waals surface area contributed by atoms with Gasteiger partial charge in [-0.2, -0.15) is 0 Å². The molecule has 0 bridgehead atoms. The first-order chi connectivity index (χ1) is 11.9. The normalized spacial score (nSPS) is 48.7. The zero-order chi connectivity index (χ0) is 19.5. The van der Waals surface area contributed by atoms with Crippen molar-refractivity contribution in [1.29, 1.82) is 0 Å². The van der Waals surface area contributed by atoms with Gasteiger partial charge in [0.15, 0.2) is 0 Å². The smallest absolute Gasteiger partial charge is 0.302 e. The Balaban J connectivity index is 2.04. The summed E-state index contributed by atoms with van der Waals surface area (Å²) in [5.74, 6) is 0.0389. The molecule has 0 heterocycles. The third-order valence-corrected chi connectivity index (χ3v) is 8.41. The highest BCUT2D eigenvalue weighted by Gasteiger charge is 2.66. The van der Waals surface area contributed by atoms with Gasteiger partial charge in [0.05, 0.1) is 11.2 Å². The van der Waals surface area contributed by atoms with E-state index in [0.29, 0.717) is 19.3 Å². The number of fused-ring (bicyclic) bond motifs is 2. The van der Waals surface area contributed by atoms with Gasteiger partial charge >= 0.3 is 5.97 Å². The lowest BCUT2D eigenvalue weighted by Gasteiger charge is -2.54. The van der Waals surface area contributed by atoms with Crippen LogP contribution < -0.4 is 0 Å². The minimum absolute atomic E-state index is 0.132. The van der Waals surface area contributed by atoms with Crippen LogP contribution in [0.5, 0.6) is 0 Å². The van der Waals surface area contributed by atoms with Crippen molar-refractivity contribution < 1.29 is 19.7 Å². The van der Waals surface area contributed by atoms with Crippen LogP contribution in [0.25, 0.3) is 0 Å². The summed E-state index contributed by atoms with van der Waals surface area (Å²) in [5.41, 5.74) is -1.57. The van der Waals surface area contributed by atoms with Gasteiger partial charge in [0.25, 0.3) is 0 Å². The van der Waals surface area contributed by atoms with Crippen LogP contribution in [0.4, 0.5) is 0 Å². The first kappa shape index (κ1) is 19.9. The number of carbonyl (C=O) groups excluding carboxylic acids is 1. The van der Waals surface area contributed by atoms with Gasteiger partial charge in [0, 0.05) is 12.3 Å². The largest absolute Gasteiger partial charge is 0.462 e. The van der Waals surface area contributed by atoms with Gasteiger partial charge in [-0.05, 0) is 67.8 Å². The highest BCUT2D eigenvalue weighted by molar-refractivity contribution is 5.66. The fourth-order valence-corrected chi connectivity index (χ4v) is 6.55. The Morgan fingerprint density at radius 1 is 1.19 bits per heavy atom. The molecule has 3 aliphatic carbocycles. The topological polar surface area (TPSA) is 66.8 Å².